The molecule has 1 aliphatic heterocycles. The molecule has 1 aromatic heterocycles. The number of halogens is 2. The number of aromatic hydroxyl groups is 1. The van der Waals surface area contributed by atoms with E-state index >= 15 is 0 Å². The monoisotopic (exact) mass is 454 g/mol. The Balaban J connectivity index is 1.83. The zero-order chi connectivity index (χ0) is 19.7. The fraction of sp³-hybridized carbons (Fsp3) is 0.118. The summed E-state index contributed by atoms with van der Waals surface area (Å²) in [5.41, 5.74) is 0.218. The van der Waals surface area contributed by atoms with Crippen molar-refractivity contribution in [2.45, 2.75) is 6.54 Å². The SMILES string of the molecule is COC(=O)c1ccc(CN2C(=O)NC(=Cc3cc(Cl)cc(Br)c3O)C2=O)o1. The standard InChI is InChI=1S/C17H12BrClN2O6/c1-26-16(24)13-3-2-10(27-13)7-21-15(23)12(20-17(21)25)5-8-4-9(19)6-11(18)14(8)22/h2-6,22H,7H2,1H3,(H,20,25). The second-order valence-electron chi connectivity index (χ2n) is 5.46. The first-order valence-corrected chi connectivity index (χ1v) is 8.67. The molecular formula is C17H12BrClN2O6. The van der Waals surface area contributed by atoms with E-state index in [2.05, 4.69) is 26.0 Å². The van der Waals surface area contributed by atoms with E-state index in [-0.39, 0.29) is 35.1 Å². The Morgan fingerprint density at radius 3 is 2.85 bits per heavy atom. The van der Waals surface area contributed by atoms with Gasteiger partial charge in [0.1, 0.15) is 17.2 Å². The van der Waals surface area contributed by atoms with Crippen molar-refractivity contribution in [1.29, 1.82) is 0 Å². The minimum Gasteiger partial charge on any atom is -0.506 e. The van der Waals surface area contributed by atoms with Gasteiger partial charge in [-0.3, -0.25) is 9.69 Å². The molecule has 1 aliphatic rings. The maximum absolute atomic E-state index is 12.5. The number of phenolic OH excluding ortho intramolecular Hbond substituents is 1. The summed E-state index contributed by atoms with van der Waals surface area (Å²) in [4.78, 5) is 37.0. The number of methoxy groups -OCH3 is 1. The maximum atomic E-state index is 12.5. The van der Waals surface area contributed by atoms with E-state index < -0.39 is 17.9 Å². The van der Waals surface area contributed by atoms with Gasteiger partial charge in [-0.25, -0.2) is 9.59 Å². The number of amides is 3. The average Bonchev–Trinajstić information content (AvgIpc) is 3.19. The van der Waals surface area contributed by atoms with Crippen LogP contribution in [-0.2, 0) is 16.1 Å². The van der Waals surface area contributed by atoms with Gasteiger partial charge in [0.15, 0.2) is 0 Å². The molecule has 1 fully saturated rings. The largest absolute Gasteiger partial charge is 0.506 e. The lowest BCUT2D eigenvalue weighted by Gasteiger charge is -2.09. The van der Waals surface area contributed by atoms with Crippen LogP contribution in [0.5, 0.6) is 5.75 Å². The topological polar surface area (TPSA) is 109 Å². The molecule has 10 heteroatoms. The zero-order valence-electron chi connectivity index (χ0n) is 13.8. The van der Waals surface area contributed by atoms with Crippen LogP contribution in [0.2, 0.25) is 5.02 Å². The average molecular weight is 456 g/mol. The van der Waals surface area contributed by atoms with Crippen molar-refractivity contribution in [3.63, 3.8) is 0 Å². The number of nitrogens with one attached hydrogen (secondary N) is 1. The molecule has 0 aliphatic carbocycles. The second-order valence-corrected chi connectivity index (χ2v) is 6.75. The third-order valence-electron chi connectivity index (χ3n) is 3.68. The van der Waals surface area contributed by atoms with Gasteiger partial charge in [0.2, 0.25) is 5.76 Å². The number of carbonyl (C=O) groups is 3. The molecule has 3 amide bonds. The van der Waals surface area contributed by atoms with Crippen LogP contribution in [0.4, 0.5) is 4.79 Å². The quantitative estimate of drug-likeness (QED) is 0.416. The Kier molecular flexibility index (Phi) is 5.24. The first kappa shape index (κ1) is 19.0. The fourth-order valence-corrected chi connectivity index (χ4v) is 3.23. The van der Waals surface area contributed by atoms with Gasteiger partial charge in [0, 0.05) is 10.6 Å². The van der Waals surface area contributed by atoms with E-state index in [4.69, 9.17) is 16.0 Å². The Bertz CT molecular complexity index is 984. The van der Waals surface area contributed by atoms with E-state index in [9.17, 15) is 19.5 Å². The van der Waals surface area contributed by atoms with E-state index in [1.165, 1.54) is 37.5 Å². The molecule has 2 N–H and O–H groups in total. The van der Waals surface area contributed by atoms with Crippen molar-refractivity contribution < 1.29 is 28.6 Å². The molecule has 2 heterocycles. The molecule has 27 heavy (non-hydrogen) atoms. The van der Waals surface area contributed by atoms with E-state index in [0.717, 1.165) is 4.90 Å². The Hall–Kier alpha value is -2.78. The first-order valence-electron chi connectivity index (χ1n) is 7.49. The van der Waals surface area contributed by atoms with Gasteiger partial charge in [0.25, 0.3) is 5.91 Å². The summed E-state index contributed by atoms with van der Waals surface area (Å²) >= 11 is 9.10. The molecule has 0 radical (unpaired) electrons. The van der Waals surface area contributed by atoms with Gasteiger partial charge in [-0.05, 0) is 46.3 Å². The summed E-state index contributed by atoms with van der Waals surface area (Å²) in [6.45, 7) is -0.176. The Labute approximate surface area is 166 Å². The van der Waals surface area contributed by atoms with Crippen molar-refractivity contribution in [1.82, 2.24) is 10.2 Å². The third kappa shape index (κ3) is 3.83. The molecule has 0 atom stereocenters. The van der Waals surface area contributed by atoms with Gasteiger partial charge in [-0.2, -0.15) is 0 Å². The molecule has 1 saturated heterocycles. The highest BCUT2D eigenvalue weighted by atomic mass is 79.9. The first-order chi connectivity index (χ1) is 12.8. The normalized spacial score (nSPS) is 15.4. The van der Waals surface area contributed by atoms with Crippen molar-refractivity contribution in [2.75, 3.05) is 7.11 Å². The summed E-state index contributed by atoms with van der Waals surface area (Å²) in [5.74, 6) is -1.22. The molecular weight excluding hydrogens is 444 g/mol. The van der Waals surface area contributed by atoms with Gasteiger partial charge in [0.05, 0.1) is 18.1 Å². The van der Waals surface area contributed by atoms with Gasteiger partial charge in [-0.1, -0.05) is 11.6 Å². The lowest BCUT2D eigenvalue weighted by atomic mass is 10.1. The molecule has 2 aromatic rings. The van der Waals surface area contributed by atoms with Gasteiger partial charge in [-0.15, -0.1) is 0 Å². The highest BCUT2D eigenvalue weighted by Gasteiger charge is 2.34. The highest BCUT2D eigenvalue weighted by Crippen LogP contribution is 2.33. The van der Waals surface area contributed by atoms with Crippen LogP contribution < -0.4 is 5.32 Å². The number of ether oxygens (including phenoxy) is 1. The van der Waals surface area contributed by atoms with Crippen LogP contribution in [0.15, 0.2) is 38.9 Å². The highest BCUT2D eigenvalue weighted by molar-refractivity contribution is 9.10. The van der Waals surface area contributed by atoms with Crippen molar-refractivity contribution in [3.8, 4) is 5.75 Å². The van der Waals surface area contributed by atoms with Crippen molar-refractivity contribution in [3.05, 3.63) is 56.5 Å². The maximum Gasteiger partial charge on any atom is 0.373 e. The number of rotatable bonds is 4. The number of benzene rings is 1. The minimum absolute atomic E-state index is 0.0378. The van der Waals surface area contributed by atoms with E-state index in [1.54, 1.807) is 0 Å². The number of nitrogens with zero attached hydrogens (tertiary/aromatic N) is 1. The number of imide groups is 1. The number of hydrogen-bond donors (Lipinski definition) is 2. The number of urea groups is 1. The zero-order valence-corrected chi connectivity index (χ0v) is 16.1. The van der Waals surface area contributed by atoms with Crippen molar-refractivity contribution in [2.24, 2.45) is 0 Å². The number of esters is 1. The predicted octanol–water partition coefficient (Wildman–Crippen LogP) is 3.28. The van der Waals surface area contributed by atoms with Crippen LogP contribution >= 0.6 is 27.5 Å². The number of phenols is 1. The van der Waals surface area contributed by atoms with Crippen LogP contribution in [0.3, 0.4) is 0 Å². The smallest absolute Gasteiger partial charge is 0.373 e. The summed E-state index contributed by atoms with van der Waals surface area (Å²) in [7, 11) is 1.21. The van der Waals surface area contributed by atoms with Crippen LogP contribution in [-0.4, -0.2) is 35.0 Å². The van der Waals surface area contributed by atoms with Crippen LogP contribution in [0.1, 0.15) is 21.9 Å². The van der Waals surface area contributed by atoms with Crippen LogP contribution in [0, 0.1) is 0 Å². The Morgan fingerprint density at radius 2 is 2.15 bits per heavy atom. The van der Waals surface area contributed by atoms with E-state index in [0.29, 0.717) is 9.50 Å². The second kappa shape index (κ2) is 7.45. The Morgan fingerprint density at radius 1 is 1.41 bits per heavy atom. The third-order valence-corrected chi connectivity index (χ3v) is 4.50. The van der Waals surface area contributed by atoms with Crippen molar-refractivity contribution >= 4 is 51.5 Å². The molecule has 140 valence electrons. The molecule has 1 aromatic carbocycles. The molecule has 0 spiro atoms. The van der Waals surface area contributed by atoms with Crippen LogP contribution in [0.25, 0.3) is 6.08 Å². The lowest BCUT2D eigenvalue weighted by Crippen LogP contribution is -2.30. The van der Waals surface area contributed by atoms with E-state index in [1.807, 2.05) is 0 Å². The number of carbonyl (C=O) groups excluding carboxylic acids is 3. The summed E-state index contributed by atoms with van der Waals surface area (Å²) in [6.07, 6.45) is 1.31. The summed E-state index contributed by atoms with van der Waals surface area (Å²) in [5, 5.41) is 12.8. The molecule has 0 saturated carbocycles. The molecule has 8 nitrogen and oxygen atoms in total. The molecule has 0 unspecified atom stereocenters. The minimum atomic E-state index is -0.666. The lowest BCUT2D eigenvalue weighted by molar-refractivity contribution is -0.123. The number of furan rings is 1. The summed E-state index contributed by atoms with van der Waals surface area (Å²) in [6, 6.07) is 5.14. The molecule has 3 rings (SSSR count). The van der Waals surface area contributed by atoms with Gasteiger partial charge < -0.3 is 19.6 Å². The summed E-state index contributed by atoms with van der Waals surface area (Å²) < 4.78 is 10.2. The number of hydrogen-bond acceptors (Lipinski definition) is 6. The fourth-order valence-electron chi connectivity index (χ4n) is 2.40. The molecule has 0 bridgehead atoms. The van der Waals surface area contributed by atoms with Gasteiger partial charge >= 0.3 is 12.0 Å². The predicted molar refractivity (Wildman–Crippen MR) is 97.9 cm³/mol.